The Balaban J connectivity index is 1.81. The largest absolute Gasteiger partial charge is 0.357 e. The Hall–Kier alpha value is -3.66. The number of rotatable bonds is 11. The number of aryl methyl sites for hydroxylation is 1. The first-order chi connectivity index (χ1) is 20.1. The number of sulfonamides is 1. The van der Waals surface area contributed by atoms with E-state index in [0.29, 0.717) is 10.6 Å². The summed E-state index contributed by atoms with van der Waals surface area (Å²) >= 11 is 9.78. The second kappa shape index (κ2) is 14.0. The maximum atomic E-state index is 14.3. The molecule has 0 saturated carbocycles. The summed E-state index contributed by atoms with van der Waals surface area (Å²) in [6.07, 6.45) is 0.238. The number of anilines is 1. The van der Waals surface area contributed by atoms with Crippen LogP contribution in [0, 0.1) is 6.92 Å². The zero-order valence-corrected chi connectivity index (χ0v) is 26.4. The second-order valence-corrected chi connectivity index (χ2v) is 12.9. The number of hydrogen-bond acceptors (Lipinski definition) is 4. The van der Waals surface area contributed by atoms with Gasteiger partial charge in [-0.1, -0.05) is 94.3 Å². The molecule has 0 heterocycles. The Morgan fingerprint density at radius 1 is 0.881 bits per heavy atom. The number of carbonyl (C=O) groups excluding carboxylic acids is 2. The second-order valence-electron chi connectivity index (χ2n) is 9.73. The van der Waals surface area contributed by atoms with Gasteiger partial charge >= 0.3 is 0 Å². The molecule has 0 aliphatic carbocycles. The predicted octanol–water partition coefficient (Wildman–Crippen LogP) is 5.99. The van der Waals surface area contributed by atoms with E-state index in [0.717, 1.165) is 19.9 Å². The van der Waals surface area contributed by atoms with Crippen molar-refractivity contribution in [2.24, 2.45) is 0 Å². The summed E-state index contributed by atoms with van der Waals surface area (Å²) in [5.74, 6) is -0.906. The monoisotopic (exact) mass is 667 g/mol. The summed E-state index contributed by atoms with van der Waals surface area (Å²) in [4.78, 5) is 29.1. The SMILES string of the molecule is CNC(=O)[C@@H](Cc1ccccc1)N(Cc1cccc(Br)c1)C(=O)CN(c1cc(Cl)ccc1C)S(=O)(=O)c1ccccc1. The molecule has 4 aromatic rings. The highest BCUT2D eigenvalue weighted by atomic mass is 79.9. The van der Waals surface area contributed by atoms with Crippen molar-refractivity contribution in [3.8, 4) is 0 Å². The highest BCUT2D eigenvalue weighted by molar-refractivity contribution is 9.10. The molecular formula is C32H31BrClN3O4S. The lowest BCUT2D eigenvalue weighted by Crippen LogP contribution is -2.53. The normalized spacial score (nSPS) is 11.9. The average molecular weight is 669 g/mol. The molecule has 0 radical (unpaired) electrons. The van der Waals surface area contributed by atoms with Gasteiger partial charge in [-0.05, 0) is 60.0 Å². The number of benzene rings is 4. The van der Waals surface area contributed by atoms with Gasteiger partial charge in [0.05, 0.1) is 10.6 Å². The van der Waals surface area contributed by atoms with Crippen molar-refractivity contribution in [3.05, 3.63) is 129 Å². The topological polar surface area (TPSA) is 86.8 Å². The molecule has 7 nitrogen and oxygen atoms in total. The first-order valence-corrected chi connectivity index (χ1v) is 15.8. The summed E-state index contributed by atoms with van der Waals surface area (Å²) in [6, 6.07) is 28.7. The van der Waals surface area contributed by atoms with E-state index in [9.17, 15) is 18.0 Å². The summed E-state index contributed by atoms with van der Waals surface area (Å²) in [5, 5.41) is 3.01. The van der Waals surface area contributed by atoms with Crippen LogP contribution in [-0.4, -0.2) is 44.8 Å². The van der Waals surface area contributed by atoms with Crippen LogP contribution in [0.4, 0.5) is 5.69 Å². The van der Waals surface area contributed by atoms with E-state index in [1.807, 2.05) is 54.6 Å². The fourth-order valence-electron chi connectivity index (χ4n) is 4.64. The van der Waals surface area contributed by atoms with Crippen LogP contribution in [0.15, 0.2) is 112 Å². The molecule has 0 spiro atoms. The van der Waals surface area contributed by atoms with Crippen molar-refractivity contribution in [1.82, 2.24) is 10.2 Å². The summed E-state index contributed by atoms with van der Waals surface area (Å²) in [7, 11) is -2.68. The van der Waals surface area contributed by atoms with Crippen molar-refractivity contribution in [3.63, 3.8) is 0 Å². The van der Waals surface area contributed by atoms with Gasteiger partial charge in [-0.25, -0.2) is 8.42 Å². The van der Waals surface area contributed by atoms with E-state index in [1.54, 1.807) is 37.3 Å². The molecule has 0 aliphatic rings. The first kappa shape index (κ1) is 31.3. The zero-order chi connectivity index (χ0) is 30.3. The third kappa shape index (κ3) is 7.59. The van der Waals surface area contributed by atoms with Gasteiger partial charge < -0.3 is 10.2 Å². The molecule has 0 saturated heterocycles. The van der Waals surface area contributed by atoms with Crippen molar-refractivity contribution in [2.45, 2.75) is 30.8 Å². The molecule has 4 aromatic carbocycles. The minimum absolute atomic E-state index is 0.0304. The Kier molecular flexibility index (Phi) is 10.4. The van der Waals surface area contributed by atoms with Gasteiger partial charge in [0.2, 0.25) is 11.8 Å². The van der Waals surface area contributed by atoms with Crippen LogP contribution in [-0.2, 0) is 32.6 Å². The Labute approximate surface area is 260 Å². The fraction of sp³-hybridized carbons (Fsp3) is 0.188. The number of hydrogen-bond donors (Lipinski definition) is 1. The van der Waals surface area contributed by atoms with Crippen LogP contribution in [0.5, 0.6) is 0 Å². The molecule has 4 rings (SSSR count). The third-order valence-electron chi connectivity index (χ3n) is 6.81. The Morgan fingerprint density at radius 3 is 2.17 bits per heavy atom. The van der Waals surface area contributed by atoms with Gasteiger partial charge in [-0.15, -0.1) is 0 Å². The van der Waals surface area contributed by atoms with E-state index >= 15 is 0 Å². The van der Waals surface area contributed by atoms with Gasteiger partial charge in [0.1, 0.15) is 12.6 Å². The van der Waals surface area contributed by atoms with Crippen LogP contribution in [0.25, 0.3) is 0 Å². The lowest BCUT2D eigenvalue weighted by molar-refractivity contribution is -0.139. The highest BCUT2D eigenvalue weighted by Gasteiger charge is 2.34. The van der Waals surface area contributed by atoms with Gasteiger partial charge in [0.15, 0.2) is 0 Å². The smallest absolute Gasteiger partial charge is 0.264 e. The highest BCUT2D eigenvalue weighted by Crippen LogP contribution is 2.30. The number of likely N-dealkylation sites (N-methyl/N-ethyl adjacent to an activating group) is 1. The van der Waals surface area contributed by atoms with Crippen LogP contribution >= 0.6 is 27.5 Å². The minimum Gasteiger partial charge on any atom is -0.357 e. The van der Waals surface area contributed by atoms with Crippen LogP contribution in [0.2, 0.25) is 5.02 Å². The number of halogens is 2. The maximum absolute atomic E-state index is 14.3. The maximum Gasteiger partial charge on any atom is 0.264 e. The van der Waals surface area contributed by atoms with Gasteiger partial charge in [-0.3, -0.25) is 13.9 Å². The standard InChI is InChI=1S/C32H31BrClN3O4S/c1-23-16-17-27(34)20-29(23)37(42(40,41)28-14-7-4-8-15-28)22-31(38)36(21-25-12-9-13-26(33)18-25)30(32(39)35-2)19-24-10-5-3-6-11-24/h3-18,20,30H,19,21-22H2,1-2H3,(H,35,39)/t30-/m1/s1. The molecule has 0 unspecified atom stereocenters. The molecule has 1 N–H and O–H groups in total. The van der Waals surface area contributed by atoms with E-state index in [1.165, 1.54) is 30.1 Å². The zero-order valence-electron chi connectivity index (χ0n) is 23.2. The van der Waals surface area contributed by atoms with Gasteiger partial charge in [-0.2, -0.15) is 0 Å². The molecule has 0 aromatic heterocycles. The molecule has 0 bridgehead atoms. The quantitative estimate of drug-likeness (QED) is 0.213. The third-order valence-corrected chi connectivity index (χ3v) is 9.31. The van der Waals surface area contributed by atoms with Crippen LogP contribution in [0.3, 0.4) is 0 Å². The van der Waals surface area contributed by atoms with Crippen molar-refractivity contribution in [2.75, 3.05) is 17.9 Å². The molecule has 1 atom stereocenters. The molecule has 42 heavy (non-hydrogen) atoms. The summed E-state index contributed by atoms with van der Waals surface area (Å²) in [5.41, 5.74) is 2.53. The fourth-order valence-corrected chi connectivity index (χ4v) is 6.74. The molecule has 2 amide bonds. The lowest BCUT2D eigenvalue weighted by atomic mass is 10.0. The van der Waals surface area contributed by atoms with E-state index in [4.69, 9.17) is 11.6 Å². The summed E-state index contributed by atoms with van der Waals surface area (Å²) in [6.45, 7) is 1.29. The Bertz CT molecular complexity index is 1650. The number of nitrogens with one attached hydrogen (secondary N) is 1. The minimum atomic E-state index is -4.19. The molecular weight excluding hydrogens is 638 g/mol. The van der Waals surface area contributed by atoms with Gasteiger partial charge in [0.25, 0.3) is 10.0 Å². The molecule has 0 aliphatic heterocycles. The molecule has 218 valence electrons. The average Bonchev–Trinajstić information content (AvgIpc) is 2.99. The predicted molar refractivity (Wildman–Crippen MR) is 170 cm³/mol. The van der Waals surface area contributed by atoms with Crippen molar-refractivity contribution in [1.29, 1.82) is 0 Å². The van der Waals surface area contributed by atoms with Gasteiger partial charge in [0, 0.05) is 29.5 Å². The lowest BCUT2D eigenvalue weighted by Gasteiger charge is -2.34. The van der Waals surface area contributed by atoms with Crippen LogP contribution < -0.4 is 9.62 Å². The molecule has 0 fully saturated rings. The van der Waals surface area contributed by atoms with E-state index < -0.39 is 28.5 Å². The summed E-state index contributed by atoms with van der Waals surface area (Å²) < 4.78 is 30.0. The van der Waals surface area contributed by atoms with Crippen LogP contribution in [0.1, 0.15) is 16.7 Å². The van der Waals surface area contributed by atoms with E-state index in [2.05, 4.69) is 21.2 Å². The Morgan fingerprint density at radius 2 is 1.52 bits per heavy atom. The number of amides is 2. The van der Waals surface area contributed by atoms with E-state index in [-0.39, 0.29) is 29.5 Å². The van der Waals surface area contributed by atoms with Crippen molar-refractivity contribution >= 4 is 55.1 Å². The number of carbonyl (C=O) groups is 2. The van der Waals surface area contributed by atoms with Crippen molar-refractivity contribution < 1.29 is 18.0 Å². The first-order valence-electron chi connectivity index (χ1n) is 13.2. The molecule has 10 heteroatoms. The number of nitrogens with zero attached hydrogens (tertiary/aromatic N) is 2.